The molecule has 0 heterocycles. The highest BCUT2D eigenvalue weighted by Gasteiger charge is 2.41. The molecule has 4 rings (SSSR count). The third-order valence-corrected chi connectivity index (χ3v) is 8.16. The Labute approximate surface area is 226 Å². The van der Waals surface area contributed by atoms with Gasteiger partial charge in [0.1, 0.15) is 0 Å². The summed E-state index contributed by atoms with van der Waals surface area (Å²) in [5.74, 6) is -0.0259. The Morgan fingerprint density at radius 2 is 1.39 bits per heavy atom. The van der Waals surface area contributed by atoms with Gasteiger partial charge in [0.15, 0.2) is 0 Å². The maximum atomic E-state index is 14.0. The largest absolute Gasteiger partial charge is 0.475 e. The van der Waals surface area contributed by atoms with E-state index in [2.05, 4.69) is 12.2 Å². The first kappa shape index (κ1) is 28.3. The Kier molecular flexibility index (Phi) is 10.7. The molecular weight excluding hydrogens is 497 g/mol. The van der Waals surface area contributed by atoms with Crippen LogP contribution in [0.25, 0.3) is 0 Å². The number of unbranched alkanes of at least 4 members (excludes halogenated alkanes) is 4. The Bertz CT molecular complexity index is 1140. The fourth-order valence-corrected chi connectivity index (χ4v) is 6.02. The van der Waals surface area contributed by atoms with Gasteiger partial charge in [0.05, 0.1) is 25.4 Å². The predicted molar refractivity (Wildman–Crippen MR) is 149 cm³/mol. The quantitative estimate of drug-likeness (QED) is 0.160. The molecule has 0 fully saturated rings. The number of hydrogen-bond donors (Lipinski definition) is 1. The van der Waals surface area contributed by atoms with Crippen molar-refractivity contribution in [2.45, 2.75) is 77.2 Å². The van der Waals surface area contributed by atoms with Gasteiger partial charge >= 0.3 is 7.82 Å². The van der Waals surface area contributed by atoms with E-state index in [1.165, 1.54) is 12.8 Å². The average molecular weight is 536 g/mol. The van der Waals surface area contributed by atoms with E-state index in [1.54, 1.807) is 0 Å². The topological polar surface area (TPSA) is 73.9 Å². The van der Waals surface area contributed by atoms with Gasteiger partial charge in [0, 0.05) is 12.8 Å². The minimum absolute atomic E-state index is 0.0259. The fourth-order valence-electron chi connectivity index (χ4n) is 4.68. The monoisotopic (exact) mass is 535 g/mol. The van der Waals surface area contributed by atoms with Crippen LogP contribution in [0.4, 0.5) is 0 Å². The lowest BCUT2D eigenvalue weighted by Gasteiger charge is -2.26. The molecule has 3 aromatic rings. The summed E-state index contributed by atoms with van der Waals surface area (Å²) in [7, 11) is -3.99. The van der Waals surface area contributed by atoms with Crippen LogP contribution in [-0.4, -0.2) is 12.0 Å². The van der Waals surface area contributed by atoms with Crippen molar-refractivity contribution in [3.8, 4) is 0 Å². The molecule has 7 heteroatoms. The first-order valence-corrected chi connectivity index (χ1v) is 15.0. The Morgan fingerprint density at radius 3 is 2.03 bits per heavy atom. The number of phosphoric ester groups is 1. The zero-order valence-corrected chi connectivity index (χ0v) is 23.0. The molecule has 0 spiro atoms. The highest BCUT2D eigenvalue weighted by Crippen LogP contribution is 2.54. The predicted octanol–water partition coefficient (Wildman–Crippen LogP) is 7.69. The van der Waals surface area contributed by atoms with E-state index >= 15 is 0 Å². The number of carbonyl (C=O) groups is 1. The highest BCUT2D eigenvalue weighted by molar-refractivity contribution is 7.48. The second-order valence-electron chi connectivity index (χ2n) is 9.72. The summed E-state index contributed by atoms with van der Waals surface area (Å²) in [6, 6.07) is 26.5. The molecular formula is C31H38NO5P. The van der Waals surface area contributed by atoms with Gasteiger partial charge in [-0.05, 0) is 28.7 Å². The molecule has 0 bridgehead atoms. The van der Waals surface area contributed by atoms with Crippen LogP contribution in [0.2, 0.25) is 0 Å². The van der Waals surface area contributed by atoms with Crippen LogP contribution < -0.4 is 5.32 Å². The van der Waals surface area contributed by atoms with Crippen molar-refractivity contribution < 1.29 is 22.9 Å². The van der Waals surface area contributed by atoms with Gasteiger partial charge in [-0.25, -0.2) is 4.57 Å². The van der Waals surface area contributed by atoms with Gasteiger partial charge in [0.2, 0.25) is 5.91 Å². The summed E-state index contributed by atoms with van der Waals surface area (Å²) in [5, 5.41) is 3.15. The molecule has 1 N–H and O–H groups in total. The maximum absolute atomic E-state index is 14.0. The molecule has 1 amide bonds. The molecule has 1 aliphatic carbocycles. The molecule has 3 aromatic carbocycles. The molecule has 6 nitrogen and oxygen atoms in total. The van der Waals surface area contributed by atoms with E-state index in [4.69, 9.17) is 13.6 Å². The van der Waals surface area contributed by atoms with E-state index in [0.29, 0.717) is 12.8 Å². The van der Waals surface area contributed by atoms with Crippen LogP contribution in [-0.2, 0) is 42.6 Å². The van der Waals surface area contributed by atoms with Crippen molar-refractivity contribution in [2.24, 2.45) is 0 Å². The lowest BCUT2D eigenvalue weighted by atomic mass is 10.1. The standard InChI is InChI=1S/C31H38NO5P/c1-2-3-4-5-12-21-30(33)32-31-28-20-14-13-19-27(28)22-29(31)37-38(34,35-23-25-15-8-6-9-16-25)36-24-26-17-10-7-11-18-26/h6-11,13-20,29,31H,2-5,12,21-24H2,1H3,(H,32,33). The number of benzene rings is 3. The van der Waals surface area contributed by atoms with Gasteiger partial charge in [-0.2, -0.15) is 0 Å². The summed E-state index contributed by atoms with van der Waals surface area (Å²) < 4.78 is 31.9. The number of amides is 1. The van der Waals surface area contributed by atoms with Crippen molar-refractivity contribution in [1.82, 2.24) is 5.32 Å². The number of hydrogen-bond acceptors (Lipinski definition) is 5. The average Bonchev–Trinajstić information content (AvgIpc) is 3.28. The van der Waals surface area contributed by atoms with Gasteiger partial charge in [0.25, 0.3) is 0 Å². The van der Waals surface area contributed by atoms with Crippen LogP contribution in [0, 0.1) is 0 Å². The molecule has 0 aromatic heterocycles. The summed E-state index contributed by atoms with van der Waals surface area (Å²) in [4.78, 5) is 12.9. The molecule has 0 aliphatic heterocycles. The summed E-state index contributed by atoms with van der Waals surface area (Å²) >= 11 is 0. The van der Waals surface area contributed by atoms with Gasteiger partial charge in [-0.3, -0.25) is 18.4 Å². The minimum Gasteiger partial charge on any atom is -0.347 e. The van der Waals surface area contributed by atoms with Gasteiger partial charge in [-0.15, -0.1) is 0 Å². The molecule has 0 radical (unpaired) electrons. The Hall–Kier alpha value is -2.76. The number of fused-ring (bicyclic) bond motifs is 1. The fraction of sp³-hybridized carbons (Fsp3) is 0.387. The number of nitrogens with one attached hydrogen (secondary N) is 1. The minimum atomic E-state index is -3.99. The second-order valence-corrected chi connectivity index (χ2v) is 11.3. The maximum Gasteiger partial charge on any atom is 0.475 e. The normalized spacial score (nSPS) is 16.8. The van der Waals surface area contributed by atoms with Crippen molar-refractivity contribution in [2.75, 3.05) is 0 Å². The van der Waals surface area contributed by atoms with E-state index in [0.717, 1.165) is 41.5 Å². The van der Waals surface area contributed by atoms with E-state index in [9.17, 15) is 9.36 Å². The number of rotatable bonds is 15. The van der Waals surface area contributed by atoms with Crippen LogP contribution >= 0.6 is 7.82 Å². The summed E-state index contributed by atoms with van der Waals surface area (Å²) in [6.45, 7) is 2.35. The molecule has 0 saturated heterocycles. The Balaban J connectivity index is 1.47. The second kappa shape index (κ2) is 14.4. The molecule has 2 atom stereocenters. The van der Waals surface area contributed by atoms with Gasteiger partial charge in [-0.1, -0.05) is 118 Å². The first-order valence-electron chi connectivity index (χ1n) is 13.6. The third kappa shape index (κ3) is 8.37. The van der Waals surface area contributed by atoms with E-state index in [-0.39, 0.29) is 19.1 Å². The Morgan fingerprint density at radius 1 is 0.816 bits per heavy atom. The van der Waals surface area contributed by atoms with Crippen LogP contribution in [0.1, 0.15) is 73.7 Å². The summed E-state index contributed by atoms with van der Waals surface area (Å²) in [5.41, 5.74) is 3.77. The van der Waals surface area contributed by atoms with Crippen LogP contribution in [0.5, 0.6) is 0 Å². The third-order valence-electron chi connectivity index (χ3n) is 6.74. The van der Waals surface area contributed by atoms with Crippen molar-refractivity contribution in [1.29, 1.82) is 0 Å². The molecule has 202 valence electrons. The smallest absolute Gasteiger partial charge is 0.347 e. The molecule has 2 unspecified atom stereocenters. The van der Waals surface area contributed by atoms with Crippen LogP contribution in [0.3, 0.4) is 0 Å². The van der Waals surface area contributed by atoms with Crippen molar-refractivity contribution in [3.05, 3.63) is 107 Å². The molecule has 1 aliphatic rings. The zero-order valence-electron chi connectivity index (χ0n) is 22.1. The lowest BCUT2D eigenvalue weighted by Crippen LogP contribution is -2.35. The van der Waals surface area contributed by atoms with Crippen molar-refractivity contribution in [3.63, 3.8) is 0 Å². The summed E-state index contributed by atoms with van der Waals surface area (Å²) in [6.07, 6.45) is 5.78. The SMILES string of the molecule is CCCCCCCC(=O)NC1c2ccccc2CC1OP(=O)(OCc1ccccc1)OCc1ccccc1. The van der Waals surface area contributed by atoms with Crippen molar-refractivity contribution >= 4 is 13.7 Å². The molecule has 38 heavy (non-hydrogen) atoms. The van der Waals surface area contributed by atoms with Gasteiger partial charge < -0.3 is 5.32 Å². The zero-order chi connectivity index (χ0) is 26.6. The van der Waals surface area contributed by atoms with Crippen LogP contribution in [0.15, 0.2) is 84.9 Å². The lowest BCUT2D eigenvalue weighted by molar-refractivity contribution is -0.122. The first-order chi connectivity index (χ1) is 18.6. The highest BCUT2D eigenvalue weighted by atomic mass is 31.2. The number of carbonyl (C=O) groups excluding carboxylic acids is 1. The number of phosphoric acid groups is 1. The molecule has 0 saturated carbocycles. The van der Waals surface area contributed by atoms with E-state index in [1.807, 2.05) is 84.9 Å². The van der Waals surface area contributed by atoms with E-state index < -0.39 is 20.0 Å².